The van der Waals surface area contributed by atoms with E-state index < -0.39 is 5.60 Å². The molecule has 0 amide bonds. The van der Waals surface area contributed by atoms with Crippen molar-refractivity contribution < 1.29 is 14.6 Å². The van der Waals surface area contributed by atoms with Crippen LogP contribution in [0.1, 0.15) is 31.7 Å². The zero-order chi connectivity index (χ0) is 17.7. The summed E-state index contributed by atoms with van der Waals surface area (Å²) in [6, 6.07) is 8.06. The molecule has 0 saturated carbocycles. The molecular weight excluding hydrogens is 314 g/mol. The second-order valence-electron chi connectivity index (χ2n) is 7.43. The second kappa shape index (κ2) is 8.35. The van der Waals surface area contributed by atoms with Crippen LogP contribution in [0, 0.1) is 11.8 Å². The van der Waals surface area contributed by atoms with E-state index in [1.54, 1.807) is 7.11 Å². The van der Waals surface area contributed by atoms with Crippen LogP contribution >= 0.6 is 0 Å². The summed E-state index contributed by atoms with van der Waals surface area (Å²) in [5.74, 6) is 1.59. The van der Waals surface area contributed by atoms with Crippen molar-refractivity contribution in [3.63, 3.8) is 0 Å². The smallest absolute Gasteiger partial charge is 0.126 e. The largest absolute Gasteiger partial charge is 0.496 e. The van der Waals surface area contributed by atoms with Crippen LogP contribution < -0.4 is 4.74 Å². The highest BCUT2D eigenvalue weighted by Crippen LogP contribution is 2.39. The summed E-state index contributed by atoms with van der Waals surface area (Å²) in [5.41, 5.74) is 0.584. The molecule has 4 heteroatoms. The quantitative estimate of drug-likeness (QED) is 0.890. The third-order valence-corrected chi connectivity index (χ3v) is 5.94. The molecule has 25 heavy (non-hydrogen) atoms. The predicted molar refractivity (Wildman–Crippen MR) is 101 cm³/mol. The number of methoxy groups -OCH3 is 1. The summed E-state index contributed by atoms with van der Waals surface area (Å²) in [5, 5.41) is 11.2. The Hall–Kier alpha value is -1.36. The fourth-order valence-corrected chi connectivity index (χ4v) is 4.32. The highest BCUT2D eigenvalue weighted by atomic mass is 16.5. The number of aliphatic hydroxyl groups is 1. The van der Waals surface area contributed by atoms with E-state index >= 15 is 0 Å². The van der Waals surface area contributed by atoms with E-state index in [4.69, 9.17) is 9.47 Å². The van der Waals surface area contributed by atoms with Crippen molar-refractivity contribution in [2.75, 3.05) is 40.0 Å². The number of hydrogen-bond donors (Lipinski definition) is 1. The molecule has 0 spiro atoms. The highest BCUT2D eigenvalue weighted by Gasteiger charge is 2.44. The maximum Gasteiger partial charge on any atom is 0.126 e. The summed E-state index contributed by atoms with van der Waals surface area (Å²) < 4.78 is 10.9. The standard InChI is InChI=1S/C21H31NO3/c1-17-16-22(12-5-7-18-6-3-4-8-20(18)24-2)13-11-21(17,23)19-9-14-25-15-10-19/h3-8,17,19,23H,9-16H2,1-2H3/t17-,21+/m1/s1. The summed E-state index contributed by atoms with van der Waals surface area (Å²) >= 11 is 0. The van der Waals surface area contributed by atoms with Gasteiger partial charge in [0.25, 0.3) is 0 Å². The van der Waals surface area contributed by atoms with Crippen LogP contribution in [0.5, 0.6) is 5.75 Å². The normalized spacial score (nSPS) is 29.2. The monoisotopic (exact) mass is 345 g/mol. The molecule has 2 heterocycles. The minimum atomic E-state index is -0.521. The lowest BCUT2D eigenvalue weighted by atomic mass is 9.70. The van der Waals surface area contributed by atoms with Crippen LogP contribution in [-0.2, 0) is 4.74 Å². The molecule has 2 fully saturated rings. The van der Waals surface area contributed by atoms with Gasteiger partial charge in [0.1, 0.15) is 5.75 Å². The Labute approximate surface area is 151 Å². The molecule has 1 aromatic carbocycles. The van der Waals surface area contributed by atoms with Crippen molar-refractivity contribution in [1.29, 1.82) is 0 Å². The first-order valence-electron chi connectivity index (χ1n) is 9.45. The van der Waals surface area contributed by atoms with Gasteiger partial charge >= 0.3 is 0 Å². The van der Waals surface area contributed by atoms with Crippen LogP contribution in [0.15, 0.2) is 30.3 Å². The van der Waals surface area contributed by atoms with Gasteiger partial charge in [0.15, 0.2) is 0 Å². The van der Waals surface area contributed by atoms with Crippen molar-refractivity contribution in [2.45, 2.75) is 31.8 Å². The van der Waals surface area contributed by atoms with E-state index in [2.05, 4.69) is 30.0 Å². The number of likely N-dealkylation sites (tertiary alicyclic amines) is 1. The average molecular weight is 345 g/mol. The SMILES string of the molecule is COc1ccccc1C=CCN1CC[C@@](O)(C2CCOCC2)[C@H](C)C1. The van der Waals surface area contributed by atoms with Crippen molar-refractivity contribution in [1.82, 2.24) is 4.90 Å². The van der Waals surface area contributed by atoms with Crippen molar-refractivity contribution in [3.05, 3.63) is 35.9 Å². The molecule has 2 saturated heterocycles. The van der Waals surface area contributed by atoms with E-state index in [1.807, 2.05) is 18.2 Å². The van der Waals surface area contributed by atoms with Crippen molar-refractivity contribution in [2.24, 2.45) is 11.8 Å². The Kier molecular flexibility index (Phi) is 6.15. The summed E-state index contributed by atoms with van der Waals surface area (Å²) in [6.07, 6.45) is 7.18. The number of para-hydroxylation sites is 1. The van der Waals surface area contributed by atoms with Crippen molar-refractivity contribution >= 4 is 6.08 Å². The average Bonchev–Trinajstić information content (AvgIpc) is 2.66. The molecule has 0 radical (unpaired) electrons. The predicted octanol–water partition coefficient (Wildman–Crippen LogP) is 3.21. The van der Waals surface area contributed by atoms with Gasteiger partial charge in [0.2, 0.25) is 0 Å². The maximum absolute atomic E-state index is 11.2. The number of hydrogen-bond acceptors (Lipinski definition) is 4. The van der Waals surface area contributed by atoms with Gasteiger partial charge in [-0.3, -0.25) is 4.90 Å². The fourth-order valence-electron chi connectivity index (χ4n) is 4.32. The van der Waals surface area contributed by atoms with Crippen LogP contribution in [-0.4, -0.2) is 55.6 Å². The zero-order valence-electron chi connectivity index (χ0n) is 15.5. The van der Waals surface area contributed by atoms with E-state index in [0.717, 1.165) is 63.4 Å². The minimum absolute atomic E-state index is 0.295. The molecule has 1 aromatic rings. The first-order chi connectivity index (χ1) is 12.1. The van der Waals surface area contributed by atoms with Gasteiger partial charge in [-0.25, -0.2) is 0 Å². The van der Waals surface area contributed by atoms with Crippen LogP contribution in [0.3, 0.4) is 0 Å². The van der Waals surface area contributed by atoms with Gasteiger partial charge in [-0.1, -0.05) is 37.3 Å². The number of nitrogens with zero attached hydrogens (tertiary/aromatic N) is 1. The molecule has 2 aliphatic heterocycles. The molecule has 3 rings (SSSR count). The van der Waals surface area contributed by atoms with Crippen molar-refractivity contribution in [3.8, 4) is 5.75 Å². The summed E-state index contributed by atoms with van der Waals surface area (Å²) in [4.78, 5) is 2.43. The number of ether oxygens (including phenoxy) is 2. The minimum Gasteiger partial charge on any atom is -0.496 e. The molecule has 0 unspecified atom stereocenters. The Morgan fingerprint density at radius 3 is 2.80 bits per heavy atom. The number of rotatable bonds is 5. The molecule has 0 bridgehead atoms. The lowest BCUT2D eigenvalue weighted by Gasteiger charge is -2.48. The third kappa shape index (κ3) is 4.25. The van der Waals surface area contributed by atoms with Gasteiger partial charge in [-0.2, -0.15) is 0 Å². The molecule has 2 aliphatic rings. The van der Waals surface area contributed by atoms with Gasteiger partial charge in [-0.05, 0) is 37.2 Å². The number of benzene rings is 1. The Balaban J connectivity index is 1.55. The molecule has 0 aliphatic carbocycles. The van der Waals surface area contributed by atoms with E-state index in [1.165, 1.54) is 0 Å². The zero-order valence-corrected chi connectivity index (χ0v) is 15.5. The highest BCUT2D eigenvalue weighted by molar-refractivity contribution is 5.57. The first kappa shape index (κ1) is 18.4. The lowest BCUT2D eigenvalue weighted by molar-refractivity contribution is -0.129. The fraction of sp³-hybridized carbons (Fsp3) is 0.619. The first-order valence-corrected chi connectivity index (χ1v) is 9.45. The van der Waals surface area contributed by atoms with E-state index in [9.17, 15) is 5.11 Å². The van der Waals surface area contributed by atoms with E-state index in [-0.39, 0.29) is 0 Å². The maximum atomic E-state index is 11.2. The van der Waals surface area contributed by atoms with Crippen LogP contribution in [0.2, 0.25) is 0 Å². The second-order valence-corrected chi connectivity index (χ2v) is 7.43. The molecule has 1 N–H and O–H groups in total. The topological polar surface area (TPSA) is 41.9 Å². The molecule has 2 atom stereocenters. The molecule has 0 aromatic heterocycles. The van der Waals surface area contributed by atoms with Crippen LogP contribution in [0.25, 0.3) is 6.08 Å². The molecule has 4 nitrogen and oxygen atoms in total. The number of piperidine rings is 1. The van der Waals surface area contributed by atoms with E-state index in [0.29, 0.717) is 11.8 Å². The summed E-state index contributed by atoms with van der Waals surface area (Å²) in [7, 11) is 1.70. The Morgan fingerprint density at radius 2 is 2.08 bits per heavy atom. The van der Waals surface area contributed by atoms with Gasteiger partial charge in [-0.15, -0.1) is 0 Å². The summed E-state index contributed by atoms with van der Waals surface area (Å²) in [6.45, 7) is 6.60. The lowest BCUT2D eigenvalue weighted by Crippen LogP contribution is -2.55. The van der Waals surface area contributed by atoms with Gasteiger partial charge < -0.3 is 14.6 Å². The third-order valence-electron chi connectivity index (χ3n) is 5.94. The van der Waals surface area contributed by atoms with Gasteiger partial charge in [0, 0.05) is 38.4 Å². The van der Waals surface area contributed by atoms with Gasteiger partial charge in [0.05, 0.1) is 12.7 Å². The molecular formula is C21H31NO3. The Bertz CT molecular complexity index is 582. The Morgan fingerprint density at radius 1 is 1.32 bits per heavy atom. The molecule has 138 valence electrons. The van der Waals surface area contributed by atoms with Crippen LogP contribution in [0.4, 0.5) is 0 Å².